The molecule has 6 N–H and O–H groups in total. The lowest BCUT2D eigenvalue weighted by Crippen LogP contribution is -2.56. The van der Waals surface area contributed by atoms with Crippen molar-refractivity contribution < 1.29 is 4.39 Å². The van der Waals surface area contributed by atoms with Crippen molar-refractivity contribution in [2.24, 2.45) is 21.6 Å². The summed E-state index contributed by atoms with van der Waals surface area (Å²) in [4.78, 5) is 13.8. The Morgan fingerprint density at radius 3 is 2.69 bits per heavy atom. The number of nitrogens with two attached hydrogens (primary N) is 2. The first-order valence-corrected chi connectivity index (χ1v) is 12.0. The number of hydrogen-bond acceptors (Lipinski definition) is 8. The van der Waals surface area contributed by atoms with Crippen LogP contribution in [0.5, 0.6) is 0 Å². The van der Waals surface area contributed by atoms with Gasteiger partial charge in [0, 0.05) is 24.8 Å². The smallest absolute Gasteiger partial charge is 0.221 e. The Morgan fingerprint density at radius 1 is 1.12 bits per heavy atom. The third kappa shape index (κ3) is 5.50. The molecule has 1 aromatic carbocycles. The maximum atomic E-state index is 14.0. The van der Waals surface area contributed by atoms with E-state index in [1.165, 1.54) is 51.0 Å². The standard InChI is InChI=1S/C23H37FN8/c1-2-31-12-6-9-18(31)14-27-22-29-21(26)30-23(28-17-10-11-20(25)19(24)13-17)32(22)15-16-7-4-3-5-8-16/h10-11,13,16,18,22,27H,2-9,12,14-15,25H2,1H3,(H3,26,28,29,30). The number of likely N-dealkylation sites (tertiary alicyclic amines) is 1. The van der Waals surface area contributed by atoms with Gasteiger partial charge in [-0.1, -0.05) is 26.2 Å². The van der Waals surface area contributed by atoms with E-state index in [-0.39, 0.29) is 17.9 Å². The SMILES string of the molecule is CCN1CCCC1CNC1N=C(N)N=C(Nc2ccc(N)c(F)c2)N1CC1CCCCC1. The van der Waals surface area contributed by atoms with Gasteiger partial charge in [0.1, 0.15) is 5.82 Å². The molecule has 1 aliphatic carbocycles. The fourth-order valence-electron chi connectivity index (χ4n) is 5.12. The summed E-state index contributed by atoms with van der Waals surface area (Å²) in [6, 6.07) is 5.20. The molecular formula is C23H37FN8. The lowest BCUT2D eigenvalue weighted by molar-refractivity contribution is 0.186. The molecule has 0 amide bonds. The fraction of sp³-hybridized carbons (Fsp3) is 0.652. The third-order valence-corrected chi connectivity index (χ3v) is 6.92. The first kappa shape index (κ1) is 22.8. The zero-order valence-electron chi connectivity index (χ0n) is 19.1. The number of anilines is 2. The van der Waals surface area contributed by atoms with E-state index in [9.17, 15) is 4.39 Å². The molecular weight excluding hydrogens is 407 g/mol. The first-order chi connectivity index (χ1) is 15.5. The predicted molar refractivity (Wildman–Crippen MR) is 129 cm³/mol. The molecule has 2 fully saturated rings. The summed E-state index contributed by atoms with van der Waals surface area (Å²) in [7, 11) is 0. The van der Waals surface area contributed by atoms with Gasteiger partial charge in [0.2, 0.25) is 11.9 Å². The Hall–Kier alpha value is -2.39. The number of halogens is 1. The second-order valence-electron chi connectivity index (χ2n) is 9.15. The van der Waals surface area contributed by atoms with Crippen LogP contribution in [0.4, 0.5) is 15.8 Å². The largest absolute Gasteiger partial charge is 0.396 e. The normalized spacial score (nSPS) is 25.0. The number of nitrogen functional groups attached to an aromatic ring is 1. The second-order valence-corrected chi connectivity index (χ2v) is 9.15. The third-order valence-electron chi connectivity index (χ3n) is 6.92. The molecule has 0 radical (unpaired) electrons. The summed E-state index contributed by atoms with van der Waals surface area (Å²) in [5, 5.41) is 6.90. The van der Waals surface area contributed by atoms with E-state index in [2.05, 4.69) is 37.3 Å². The van der Waals surface area contributed by atoms with Crippen LogP contribution in [-0.4, -0.2) is 60.2 Å². The fourth-order valence-corrected chi connectivity index (χ4v) is 5.12. The highest BCUT2D eigenvalue weighted by Crippen LogP contribution is 2.26. The Kier molecular flexibility index (Phi) is 7.47. The molecule has 32 heavy (non-hydrogen) atoms. The summed E-state index contributed by atoms with van der Waals surface area (Å²) < 4.78 is 14.0. The predicted octanol–water partition coefficient (Wildman–Crippen LogP) is 2.74. The summed E-state index contributed by atoms with van der Waals surface area (Å²) in [5.74, 6) is 0.946. The number of guanidine groups is 2. The Labute approximate surface area is 190 Å². The van der Waals surface area contributed by atoms with E-state index >= 15 is 0 Å². The van der Waals surface area contributed by atoms with E-state index in [0.29, 0.717) is 23.6 Å². The minimum Gasteiger partial charge on any atom is -0.396 e. The van der Waals surface area contributed by atoms with Crippen molar-refractivity contribution >= 4 is 23.3 Å². The summed E-state index contributed by atoms with van der Waals surface area (Å²) in [6.45, 7) is 6.11. The van der Waals surface area contributed by atoms with Crippen molar-refractivity contribution in [2.45, 2.75) is 64.2 Å². The van der Waals surface area contributed by atoms with Gasteiger partial charge in [-0.05, 0) is 62.9 Å². The average Bonchev–Trinajstić information content (AvgIpc) is 3.25. The van der Waals surface area contributed by atoms with Crippen molar-refractivity contribution in [3.05, 3.63) is 24.0 Å². The molecule has 1 aromatic rings. The highest BCUT2D eigenvalue weighted by atomic mass is 19.1. The molecule has 2 heterocycles. The monoisotopic (exact) mass is 444 g/mol. The van der Waals surface area contributed by atoms with Crippen LogP contribution in [-0.2, 0) is 0 Å². The summed E-state index contributed by atoms with van der Waals surface area (Å²) >= 11 is 0. The van der Waals surface area contributed by atoms with Crippen LogP contribution in [0.3, 0.4) is 0 Å². The van der Waals surface area contributed by atoms with E-state index < -0.39 is 5.82 Å². The van der Waals surface area contributed by atoms with E-state index in [4.69, 9.17) is 11.5 Å². The van der Waals surface area contributed by atoms with Gasteiger partial charge < -0.3 is 21.7 Å². The second kappa shape index (κ2) is 10.5. The van der Waals surface area contributed by atoms with Gasteiger partial charge in [-0.15, -0.1) is 0 Å². The van der Waals surface area contributed by atoms with E-state index in [1.54, 1.807) is 12.1 Å². The summed E-state index contributed by atoms with van der Waals surface area (Å²) in [6.07, 6.45) is 8.38. The molecule has 176 valence electrons. The molecule has 0 aromatic heterocycles. The van der Waals surface area contributed by atoms with Crippen molar-refractivity contribution in [3.8, 4) is 0 Å². The van der Waals surface area contributed by atoms with Crippen molar-refractivity contribution in [1.82, 2.24) is 15.1 Å². The number of nitrogens with one attached hydrogen (secondary N) is 2. The number of benzene rings is 1. The number of aliphatic imine (C=N–C) groups is 2. The van der Waals surface area contributed by atoms with E-state index in [0.717, 1.165) is 26.2 Å². The highest BCUT2D eigenvalue weighted by Gasteiger charge is 2.31. The van der Waals surface area contributed by atoms with Gasteiger partial charge in [-0.2, -0.15) is 4.99 Å². The van der Waals surface area contributed by atoms with Crippen molar-refractivity contribution in [1.29, 1.82) is 0 Å². The quantitative estimate of drug-likeness (QED) is 0.482. The molecule has 1 saturated carbocycles. The van der Waals surface area contributed by atoms with Crippen LogP contribution in [0.2, 0.25) is 0 Å². The van der Waals surface area contributed by atoms with Crippen LogP contribution >= 0.6 is 0 Å². The van der Waals surface area contributed by atoms with Gasteiger partial charge in [-0.3, -0.25) is 10.2 Å². The Balaban J connectivity index is 1.51. The molecule has 8 nitrogen and oxygen atoms in total. The molecule has 2 aliphatic heterocycles. The molecule has 3 aliphatic rings. The van der Waals surface area contributed by atoms with Crippen LogP contribution < -0.4 is 22.1 Å². The minimum absolute atomic E-state index is 0.123. The Morgan fingerprint density at radius 2 is 1.94 bits per heavy atom. The van der Waals surface area contributed by atoms with Crippen LogP contribution in [0.25, 0.3) is 0 Å². The van der Waals surface area contributed by atoms with Gasteiger partial charge in [-0.25, -0.2) is 9.38 Å². The molecule has 2 atom stereocenters. The number of rotatable bonds is 7. The van der Waals surface area contributed by atoms with E-state index in [1.807, 2.05) is 0 Å². The molecule has 0 bridgehead atoms. The number of hydrogen-bond donors (Lipinski definition) is 4. The topological polar surface area (TPSA) is 107 Å². The number of likely N-dealkylation sites (N-methyl/N-ethyl adjacent to an activating group) is 1. The Bertz CT molecular complexity index is 835. The average molecular weight is 445 g/mol. The number of nitrogens with zero attached hydrogens (tertiary/aromatic N) is 4. The summed E-state index contributed by atoms with van der Waals surface area (Å²) in [5.41, 5.74) is 12.5. The first-order valence-electron chi connectivity index (χ1n) is 12.0. The van der Waals surface area contributed by atoms with Gasteiger partial charge in [0.25, 0.3) is 0 Å². The van der Waals surface area contributed by atoms with Gasteiger partial charge >= 0.3 is 0 Å². The van der Waals surface area contributed by atoms with Crippen molar-refractivity contribution in [2.75, 3.05) is 37.2 Å². The van der Waals surface area contributed by atoms with Gasteiger partial charge in [0.05, 0.1) is 5.69 Å². The molecule has 2 unspecified atom stereocenters. The van der Waals surface area contributed by atoms with Crippen molar-refractivity contribution in [3.63, 3.8) is 0 Å². The van der Waals surface area contributed by atoms with Crippen LogP contribution in [0.15, 0.2) is 28.2 Å². The molecule has 0 spiro atoms. The van der Waals surface area contributed by atoms with Gasteiger partial charge in [0.15, 0.2) is 6.29 Å². The van der Waals surface area contributed by atoms with Crippen LogP contribution in [0.1, 0.15) is 51.9 Å². The lowest BCUT2D eigenvalue weighted by Gasteiger charge is -2.38. The minimum atomic E-state index is -0.456. The molecule has 1 saturated heterocycles. The maximum Gasteiger partial charge on any atom is 0.221 e. The maximum absolute atomic E-state index is 14.0. The molecule has 9 heteroatoms. The highest BCUT2D eigenvalue weighted by molar-refractivity contribution is 6.03. The zero-order chi connectivity index (χ0) is 22.5. The lowest BCUT2D eigenvalue weighted by atomic mass is 9.89. The van der Waals surface area contributed by atoms with Crippen LogP contribution in [0, 0.1) is 11.7 Å². The zero-order valence-corrected chi connectivity index (χ0v) is 19.1. The molecule has 4 rings (SSSR count).